The molecule has 0 atom stereocenters. The average Bonchev–Trinajstić information content (AvgIpc) is 2.84. The molecule has 0 aliphatic carbocycles. The fourth-order valence-corrected chi connectivity index (χ4v) is 4.62. The molecule has 0 aromatic rings. The van der Waals surface area contributed by atoms with Gasteiger partial charge in [0.2, 0.25) is 17.7 Å². The van der Waals surface area contributed by atoms with Gasteiger partial charge in [-0.05, 0) is 48.9 Å². The highest BCUT2D eigenvalue weighted by molar-refractivity contribution is 5.83. The van der Waals surface area contributed by atoms with Crippen molar-refractivity contribution < 1.29 is 14.4 Å². The Morgan fingerprint density at radius 1 is 0.513 bits per heavy atom. The predicted octanol–water partition coefficient (Wildman–Crippen LogP) is 7.32. The highest BCUT2D eigenvalue weighted by Crippen LogP contribution is 2.37. The molecule has 0 aliphatic rings. The molecule has 0 rings (SSSR count). The first-order valence-corrected chi connectivity index (χ1v) is 15.4. The van der Waals surface area contributed by atoms with E-state index in [9.17, 15) is 14.4 Å². The minimum Gasteiger partial charge on any atom is -0.359 e. The van der Waals surface area contributed by atoms with Crippen LogP contribution in [0.3, 0.4) is 0 Å². The zero-order valence-corrected chi connectivity index (χ0v) is 29.3. The molecule has 0 aliphatic heterocycles. The highest BCUT2D eigenvalue weighted by atomic mass is 16.2. The second-order valence-corrected chi connectivity index (χ2v) is 13.5. The quantitative estimate of drug-likeness (QED) is 0.236. The maximum Gasteiger partial charge on any atom is 0.226 e. The van der Waals surface area contributed by atoms with Gasteiger partial charge in [-0.15, -0.1) is 0 Å². The molecule has 6 heteroatoms. The predicted molar refractivity (Wildman–Crippen MR) is 169 cm³/mol. The van der Waals surface area contributed by atoms with Gasteiger partial charge in [0, 0.05) is 20.1 Å². The van der Waals surface area contributed by atoms with E-state index in [0.717, 1.165) is 13.0 Å². The Labute approximate surface area is 244 Å². The van der Waals surface area contributed by atoms with E-state index in [1.807, 2.05) is 20.8 Å². The van der Waals surface area contributed by atoms with Gasteiger partial charge in [-0.3, -0.25) is 14.4 Å². The molecule has 234 valence electrons. The van der Waals surface area contributed by atoms with Crippen LogP contribution in [-0.4, -0.2) is 37.9 Å². The van der Waals surface area contributed by atoms with Gasteiger partial charge in [0.05, 0.1) is 16.2 Å². The zero-order chi connectivity index (χ0) is 31.9. The number of hydrogen-bond donors (Lipinski definition) is 3. The second kappa shape index (κ2) is 18.7. The van der Waals surface area contributed by atoms with Gasteiger partial charge in [0.25, 0.3) is 0 Å². The normalized spacial score (nSPS) is 12.3. The molecule has 0 radical (unpaired) electrons. The van der Waals surface area contributed by atoms with Crippen molar-refractivity contribution in [1.29, 1.82) is 0 Å². The first-order chi connectivity index (χ1) is 17.6. The zero-order valence-electron chi connectivity index (χ0n) is 29.3. The summed E-state index contributed by atoms with van der Waals surface area (Å²) in [6.45, 7) is 36.9. The number of hydrogen-bond acceptors (Lipinski definition) is 3. The van der Waals surface area contributed by atoms with Crippen molar-refractivity contribution in [1.82, 2.24) is 16.0 Å². The summed E-state index contributed by atoms with van der Waals surface area (Å²) in [7, 11) is 1.70. The lowest BCUT2D eigenvalue weighted by Gasteiger charge is -2.36. The van der Waals surface area contributed by atoms with Gasteiger partial charge in [-0.1, -0.05) is 111 Å². The monoisotopic (exact) mass is 556 g/mol. The Morgan fingerprint density at radius 2 is 0.769 bits per heavy atom. The van der Waals surface area contributed by atoms with Crippen LogP contribution in [0.2, 0.25) is 0 Å². The Kier molecular flexibility index (Phi) is 20.1. The number of rotatable bonds is 12. The van der Waals surface area contributed by atoms with Gasteiger partial charge in [-0.2, -0.15) is 0 Å². The Hall–Kier alpha value is -1.59. The molecule has 0 saturated heterocycles. The smallest absolute Gasteiger partial charge is 0.226 e. The lowest BCUT2D eigenvalue weighted by molar-refractivity contribution is -0.136. The molecule has 0 heterocycles. The SMILES string of the molecule is CCCNC(=O)C(C)(C(C)C)C(C)C.CCNC(=O)C(C)(C(C)C)C(C)C.CNC(=O)C(C)(C(C)C)C(C)C. The number of carbonyl (C=O) groups excluding carboxylic acids is 3. The summed E-state index contributed by atoms with van der Waals surface area (Å²) in [6, 6.07) is 0. The molecule has 3 N–H and O–H groups in total. The van der Waals surface area contributed by atoms with E-state index in [1.165, 1.54) is 0 Å². The van der Waals surface area contributed by atoms with Gasteiger partial charge in [-0.25, -0.2) is 0 Å². The molecule has 0 fully saturated rings. The summed E-state index contributed by atoms with van der Waals surface area (Å²) >= 11 is 0. The molecule has 0 bridgehead atoms. The summed E-state index contributed by atoms with van der Waals surface area (Å²) in [6.07, 6.45) is 0.998. The van der Waals surface area contributed by atoms with Crippen LogP contribution < -0.4 is 16.0 Å². The summed E-state index contributed by atoms with van der Waals surface area (Å²) in [5, 5.41) is 8.64. The minimum atomic E-state index is -0.241. The van der Waals surface area contributed by atoms with Crippen LogP contribution in [0, 0.1) is 51.8 Å². The minimum absolute atomic E-state index is 0.146. The van der Waals surface area contributed by atoms with Gasteiger partial charge in [0.1, 0.15) is 0 Å². The third-order valence-electron chi connectivity index (χ3n) is 9.76. The Bertz CT molecular complexity index is 685. The Balaban J connectivity index is -0.000000500. The summed E-state index contributed by atoms with van der Waals surface area (Å²) in [5.74, 6) is 2.77. The van der Waals surface area contributed by atoms with Crippen molar-refractivity contribution in [2.45, 2.75) is 124 Å². The number of amides is 3. The first-order valence-electron chi connectivity index (χ1n) is 15.4. The highest BCUT2D eigenvalue weighted by Gasteiger charge is 2.40. The van der Waals surface area contributed by atoms with E-state index < -0.39 is 0 Å². The van der Waals surface area contributed by atoms with Crippen molar-refractivity contribution in [3.63, 3.8) is 0 Å². The second-order valence-electron chi connectivity index (χ2n) is 13.5. The summed E-state index contributed by atoms with van der Waals surface area (Å²) in [4.78, 5) is 35.4. The fourth-order valence-electron chi connectivity index (χ4n) is 4.62. The van der Waals surface area contributed by atoms with Crippen LogP contribution in [0.4, 0.5) is 0 Å². The third-order valence-corrected chi connectivity index (χ3v) is 9.76. The maximum absolute atomic E-state index is 12.0. The van der Waals surface area contributed by atoms with E-state index in [0.29, 0.717) is 42.1 Å². The van der Waals surface area contributed by atoms with Gasteiger partial charge in [0.15, 0.2) is 0 Å². The standard InChI is InChI=1S/C12H25NO.C11H23NO.C10H21NO/c1-7-8-13-11(14)12(6,9(2)3)10(4)5;1-7-12-10(13)11(6,8(2)3)9(4)5;1-7(2)10(5,8(3)4)9(12)11-6/h9-10H,7-8H2,1-6H3,(H,13,14);8-9H,7H2,1-6H3,(H,12,13);7-8H,1-6H3,(H,11,12). The van der Waals surface area contributed by atoms with E-state index in [-0.39, 0.29) is 34.0 Å². The first kappa shape index (κ1) is 41.9. The van der Waals surface area contributed by atoms with Crippen LogP contribution in [0.15, 0.2) is 0 Å². The van der Waals surface area contributed by atoms with Crippen LogP contribution >= 0.6 is 0 Å². The lowest BCUT2D eigenvalue weighted by Crippen LogP contribution is -2.46. The van der Waals surface area contributed by atoms with E-state index in [4.69, 9.17) is 0 Å². The molecule has 0 spiro atoms. The summed E-state index contributed by atoms with van der Waals surface area (Å²) in [5.41, 5.74) is -0.722. The molecule has 0 unspecified atom stereocenters. The van der Waals surface area contributed by atoms with Crippen molar-refractivity contribution >= 4 is 17.7 Å². The fraction of sp³-hybridized carbons (Fsp3) is 0.909. The number of nitrogens with one attached hydrogen (secondary N) is 3. The Morgan fingerprint density at radius 3 is 0.949 bits per heavy atom. The van der Waals surface area contributed by atoms with Crippen LogP contribution in [0.5, 0.6) is 0 Å². The maximum atomic E-state index is 12.0. The molecule has 0 aromatic carbocycles. The average molecular weight is 556 g/mol. The lowest BCUT2D eigenvalue weighted by atomic mass is 9.70. The van der Waals surface area contributed by atoms with Gasteiger partial charge >= 0.3 is 0 Å². The van der Waals surface area contributed by atoms with Crippen LogP contribution in [0.1, 0.15) is 124 Å². The molecule has 0 saturated carbocycles. The molecule has 6 nitrogen and oxygen atoms in total. The molecule has 3 amide bonds. The van der Waals surface area contributed by atoms with Crippen molar-refractivity contribution in [3.05, 3.63) is 0 Å². The molecule has 0 aromatic heterocycles. The van der Waals surface area contributed by atoms with Crippen LogP contribution in [-0.2, 0) is 14.4 Å². The van der Waals surface area contributed by atoms with Crippen LogP contribution in [0.25, 0.3) is 0 Å². The van der Waals surface area contributed by atoms with Crippen molar-refractivity contribution in [2.75, 3.05) is 20.1 Å². The topological polar surface area (TPSA) is 87.3 Å². The van der Waals surface area contributed by atoms with E-state index >= 15 is 0 Å². The largest absolute Gasteiger partial charge is 0.359 e. The van der Waals surface area contributed by atoms with Gasteiger partial charge < -0.3 is 16.0 Å². The third kappa shape index (κ3) is 11.4. The van der Waals surface area contributed by atoms with E-state index in [1.54, 1.807) is 7.05 Å². The molecular formula is C33H69N3O3. The molecular weight excluding hydrogens is 486 g/mol. The summed E-state index contributed by atoms with van der Waals surface area (Å²) < 4.78 is 0. The van der Waals surface area contributed by atoms with Crippen molar-refractivity contribution in [3.8, 4) is 0 Å². The van der Waals surface area contributed by atoms with E-state index in [2.05, 4.69) is 113 Å². The molecule has 39 heavy (non-hydrogen) atoms. The number of carbonyl (C=O) groups is 3. The van der Waals surface area contributed by atoms with Crippen molar-refractivity contribution in [2.24, 2.45) is 51.8 Å².